The molecule has 0 bridgehead atoms. The van der Waals surface area contributed by atoms with Gasteiger partial charge in [0, 0.05) is 50.7 Å². The van der Waals surface area contributed by atoms with Crippen molar-refractivity contribution in [3.63, 3.8) is 0 Å². The predicted octanol–water partition coefficient (Wildman–Crippen LogP) is 2.66. The summed E-state index contributed by atoms with van der Waals surface area (Å²) in [4.78, 5) is 39.0. The van der Waals surface area contributed by atoms with E-state index >= 15 is 0 Å². The lowest BCUT2D eigenvalue weighted by Gasteiger charge is -2.41. The van der Waals surface area contributed by atoms with Crippen molar-refractivity contribution in [3.8, 4) is 0 Å². The molecule has 4 amide bonds. The van der Waals surface area contributed by atoms with Crippen molar-refractivity contribution in [3.05, 3.63) is 28.2 Å². The molecule has 1 saturated heterocycles. The van der Waals surface area contributed by atoms with Gasteiger partial charge in [0.25, 0.3) is 0 Å². The van der Waals surface area contributed by atoms with Gasteiger partial charge in [0.2, 0.25) is 11.8 Å². The minimum atomic E-state index is -0.576. The third kappa shape index (κ3) is 6.01. The number of urea groups is 1. The fourth-order valence-electron chi connectivity index (χ4n) is 2.93. The fourth-order valence-corrected chi connectivity index (χ4v) is 3.22. The van der Waals surface area contributed by atoms with Crippen LogP contribution in [0.2, 0.25) is 10.0 Å². The van der Waals surface area contributed by atoms with Gasteiger partial charge in [-0.05, 0) is 25.1 Å². The molecule has 0 aliphatic carbocycles. The SMILES string of the molecule is CCC(=O)NC(=O)NCCC(=O)N1CCN(c2ccc(Cl)c(Cl)c2)[C@@H](C)C1. The Balaban J connectivity index is 1.81. The van der Waals surface area contributed by atoms with Crippen molar-refractivity contribution in [1.82, 2.24) is 15.5 Å². The summed E-state index contributed by atoms with van der Waals surface area (Å²) in [7, 11) is 0. The molecule has 1 aromatic carbocycles. The molecule has 27 heavy (non-hydrogen) atoms. The fraction of sp³-hybridized carbons (Fsp3) is 0.500. The van der Waals surface area contributed by atoms with E-state index in [4.69, 9.17) is 23.2 Å². The van der Waals surface area contributed by atoms with Crippen molar-refractivity contribution in [1.29, 1.82) is 0 Å². The van der Waals surface area contributed by atoms with Gasteiger partial charge in [-0.25, -0.2) is 4.79 Å². The molecule has 0 saturated carbocycles. The van der Waals surface area contributed by atoms with E-state index in [1.807, 2.05) is 19.1 Å². The molecular formula is C18H24Cl2N4O3. The minimum absolute atomic E-state index is 0.0299. The van der Waals surface area contributed by atoms with Crippen molar-refractivity contribution in [2.24, 2.45) is 0 Å². The summed E-state index contributed by atoms with van der Waals surface area (Å²) in [5.74, 6) is -0.385. The topological polar surface area (TPSA) is 81.8 Å². The Morgan fingerprint density at radius 2 is 1.93 bits per heavy atom. The quantitative estimate of drug-likeness (QED) is 0.775. The first kappa shape index (κ1) is 21.3. The molecule has 7 nitrogen and oxygen atoms in total. The molecule has 1 heterocycles. The third-order valence-electron chi connectivity index (χ3n) is 4.41. The number of halogens is 2. The molecule has 2 rings (SSSR count). The van der Waals surface area contributed by atoms with E-state index in [9.17, 15) is 14.4 Å². The van der Waals surface area contributed by atoms with Crippen LogP contribution in [0.3, 0.4) is 0 Å². The van der Waals surface area contributed by atoms with Crippen molar-refractivity contribution >= 4 is 46.7 Å². The van der Waals surface area contributed by atoms with E-state index in [2.05, 4.69) is 15.5 Å². The van der Waals surface area contributed by atoms with E-state index in [1.165, 1.54) is 0 Å². The molecule has 1 aromatic rings. The summed E-state index contributed by atoms with van der Waals surface area (Å²) in [6, 6.07) is 5.06. The van der Waals surface area contributed by atoms with Gasteiger partial charge >= 0.3 is 6.03 Å². The molecule has 0 unspecified atom stereocenters. The normalized spacial score (nSPS) is 16.8. The number of hydrogen-bond acceptors (Lipinski definition) is 4. The largest absolute Gasteiger partial charge is 0.365 e. The van der Waals surface area contributed by atoms with Crippen LogP contribution in [0.15, 0.2) is 18.2 Å². The Kier molecular flexibility index (Phi) is 7.74. The van der Waals surface area contributed by atoms with Gasteiger partial charge in [-0.1, -0.05) is 30.1 Å². The van der Waals surface area contributed by atoms with E-state index in [-0.39, 0.29) is 37.2 Å². The number of carbonyl (C=O) groups excluding carboxylic acids is 3. The average Bonchev–Trinajstić information content (AvgIpc) is 2.63. The van der Waals surface area contributed by atoms with Gasteiger partial charge < -0.3 is 15.1 Å². The zero-order valence-electron chi connectivity index (χ0n) is 15.4. The van der Waals surface area contributed by atoms with Gasteiger partial charge in [0.1, 0.15) is 0 Å². The van der Waals surface area contributed by atoms with Crippen LogP contribution in [0, 0.1) is 0 Å². The van der Waals surface area contributed by atoms with Crippen LogP contribution in [0.5, 0.6) is 0 Å². The van der Waals surface area contributed by atoms with Gasteiger partial charge in [-0.3, -0.25) is 14.9 Å². The number of imide groups is 1. The van der Waals surface area contributed by atoms with E-state index in [1.54, 1.807) is 17.9 Å². The highest BCUT2D eigenvalue weighted by Crippen LogP contribution is 2.29. The molecule has 1 fully saturated rings. The van der Waals surface area contributed by atoms with Crippen LogP contribution in [-0.4, -0.2) is 55.0 Å². The number of rotatable bonds is 5. The number of nitrogens with one attached hydrogen (secondary N) is 2. The smallest absolute Gasteiger partial charge is 0.321 e. The van der Waals surface area contributed by atoms with Gasteiger partial charge in [-0.15, -0.1) is 0 Å². The average molecular weight is 415 g/mol. The van der Waals surface area contributed by atoms with Crippen LogP contribution >= 0.6 is 23.2 Å². The molecule has 1 aliphatic heterocycles. The highest BCUT2D eigenvalue weighted by molar-refractivity contribution is 6.42. The monoisotopic (exact) mass is 414 g/mol. The maximum Gasteiger partial charge on any atom is 0.321 e. The van der Waals surface area contributed by atoms with Crippen LogP contribution < -0.4 is 15.5 Å². The standard InChI is InChI=1S/C18H24Cl2N4O3/c1-3-16(25)22-18(27)21-7-6-17(26)23-8-9-24(12(2)11-23)13-4-5-14(19)15(20)10-13/h4-5,10,12H,3,6-9,11H2,1-2H3,(H2,21,22,25,27)/t12-/m0/s1. The van der Waals surface area contributed by atoms with E-state index in [0.29, 0.717) is 29.7 Å². The molecule has 1 atom stereocenters. The molecule has 1 aliphatic rings. The van der Waals surface area contributed by atoms with Crippen LogP contribution in [0.1, 0.15) is 26.7 Å². The zero-order valence-corrected chi connectivity index (χ0v) is 16.9. The number of carbonyl (C=O) groups is 3. The van der Waals surface area contributed by atoms with Crippen LogP contribution in [-0.2, 0) is 9.59 Å². The second-order valence-corrected chi connectivity index (χ2v) is 7.20. The number of anilines is 1. The Morgan fingerprint density at radius 1 is 1.19 bits per heavy atom. The summed E-state index contributed by atoms with van der Waals surface area (Å²) in [5, 5.41) is 5.72. The lowest BCUT2D eigenvalue weighted by Crippen LogP contribution is -2.54. The van der Waals surface area contributed by atoms with E-state index < -0.39 is 6.03 Å². The number of piperazine rings is 1. The van der Waals surface area contributed by atoms with Crippen molar-refractivity contribution < 1.29 is 14.4 Å². The Morgan fingerprint density at radius 3 is 2.56 bits per heavy atom. The maximum absolute atomic E-state index is 12.4. The minimum Gasteiger partial charge on any atom is -0.365 e. The summed E-state index contributed by atoms with van der Waals surface area (Å²) in [6.45, 7) is 5.74. The van der Waals surface area contributed by atoms with Crippen LogP contribution in [0.25, 0.3) is 0 Å². The second kappa shape index (κ2) is 9.80. The Hall–Kier alpha value is -1.99. The summed E-state index contributed by atoms with van der Waals surface area (Å²) >= 11 is 12.1. The number of amides is 4. The van der Waals surface area contributed by atoms with Gasteiger partial charge in [0.15, 0.2) is 0 Å². The van der Waals surface area contributed by atoms with Crippen molar-refractivity contribution in [2.75, 3.05) is 31.1 Å². The first-order valence-electron chi connectivity index (χ1n) is 8.89. The van der Waals surface area contributed by atoms with Gasteiger partial charge in [-0.2, -0.15) is 0 Å². The molecule has 2 N–H and O–H groups in total. The molecular weight excluding hydrogens is 391 g/mol. The molecule has 0 spiro atoms. The lowest BCUT2D eigenvalue weighted by atomic mass is 10.1. The highest BCUT2D eigenvalue weighted by atomic mass is 35.5. The zero-order chi connectivity index (χ0) is 20.0. The third-order valence-corrected chi connectivity index (χ3v) is 5.15. The first-order chi connectivity index (χ1) is 12.8. The number of nitrogens with zero attached hydrogens (tertiary/aromatic N) is 2. The highest BCUT2D eigenvalue weighted by Gasteiger charge is 2.27. The second-order valence-electron chi connectivity index (χ2n) is 6.39. The summed E-state index contributed by atoms with van der Waals surface area (Å²) in [5.41, 5.74) is 0.975. The van der Waals surface area contributed by atoms with Crippen LogP contribution in [0.4, 0.5) is 10.5 Å². The van der Waals surface area contributed by atoms with Crippen molar-refractivity contribution in [2.45, 2.75) is 32.7 Å². The van der Waals surface area contributed by atoms with Gasteiger partial charge in [0.05, 0.1) is 10.0 Å². The Labute approximate surface area is 169 Å². The summed E-state index contributed by atoms with van der Waals surface area (Å²) < 4.78 is 0. The van der Waals surface area contributed by atoms with E-state index in [0.717, 1.165) is 5.69 Å². The summed E-state index contributed by atoms with van der Waals surface area (Å²) in [6.07, 6.45) is 0.417. The maximum atomic E-state index is 12.4. The number of hydrogen-bond donors (Lipinski definition) is 2. The molecule has 0 aromatic heterocycles. The number of benzene rings is 1. The molecule has 9 heteroatoms. The Bertz CT molecular complexity index is 714. The predicted molar refractivity (Wildman–Crippen MR) is 106 cm³/mol. The lowest BCUT2D eigenvalue weighted by molar-refractivity contribution is -0.131. The molecule has 148 valence electrons. The molecule has 0 radical (unpaired) electrons. The first-order valence-corrected chi connectivity index (χ1v) is 9.64.